The molecule has 2 aromatic carbocycles. The molecule has 0 spiro atoms. The first-order valence-electron chi connectivity index (χ1n) is 5.57. The second-order valence-corrected chi connectivity index (χ2v) is 4.09. The number of carbonyl (C=O) groups is 1. The molecule has 4 nitrogen and oxygen atoms in total. The van der Waals surface area contributed by atoms with E-state index in [1.165, 1.54) is 30.3 Å². The van der Waals surface area contributed by atoms with E-state index in [0.29, 0.717) is 5.56 Å². The van der Waals surface area contributed by atoms with E-state index in [1.807, 2.05) is 0 Å². The van der Waals surface area contributed by atoms with Crippen molar-refractivity contribution in [1.29, 1.82) is 0 Å². The summed E-state index contributed by atoms with van der Waals surface area (Å²) in [7, 11) is 0. The van der Waals surface area contributed by atoms with Crippen LogP contribution in [0, 0.1) is 12.7 Å². The third-order valence-electron chi connectivity index (χ3n) is 2.69. The maximum absolute atomic E-state index is 13.3. The van der Waals surface area contributed by atoms with Crippen LogP contribution in [0.4, 0.5) is 10.1 Å². The fraction of sp³-hybridized carbons (Fsp3) is 0.0714. The zero-order valence-electron chi connectivity index (χ0n) is 10.1. The molecule has 0 fully saturated rings. The quantitative estimate of drug-likeness (QED) is 0.728. The average molecular weight is 261 g/mol. The molecule has 2 rings (SSSR count). The van der Waals surface area contributed by atoms with E-state index >= 15 is 0 Å². The summed E-state index contributed by atoms with van der Waals surface area (Å²) in [5, 5.41) is 21.3. The molecule has 0 saturated carbocycles. The lowest BCUT2D eigenvalue weighted by Gasteiger charge is -2.08. The maximum Gasteiger partial charge on any atom is 0.259 e. The Morgan fingerprint density at radius 3 is 2.63 bits per heavy atom. The number of phenolic OH excluding ortho intramolecular Hbond substituents is 2. The summed E-state index contributed by atoms with van der Waals surface area (Å²) in [5.41, 5.74) is 0.662. The number of hydrogen-bond donors (Lipinski definition) is 3. The first kappa shape index (κ1) is 12.9. The van der Waals surface area contributed by atoms with Crippen molar-refractivity contribution in [3.8, 4) is 11.5 Å². The average Bonchev–Trinajstić information content (AvgIpc) is 2.37. The van der Waals surface area contributed by atoms with Gasteiger partial charge in [-0.3, -0.25) is 4.79 Å². The van der Waals surface area contributed by atoms with E-state index in [1.54, 1.807) is 13.0 Å². The molecule has 0 radical (unpaired) electrons. The van der Waals surface area contributed by atoms with Crippen molar-refractivity contribution < 1.29 is 19.4 Å². The van der Waals surface area contributed by atoms with Gasteiger partial charge < -0.3 is 15.5 Å². The van der Waals surface area contributed by atoms with Gasteiger partial charge in [0.15, 0.2) is 11.5 Å². The summed E-state index contributed by atoms with van der Waals surface area (Å²) in [4.78, 5) is 11.9. The topological polar surface area (TPSA) is 69.6 Å². The molecule has 0 unspecified atom stereocenters. The smallest absolute Gasteiger partial charge is 0.259 e. The molecular formula is C14H12FNO3. The van der Waals surface area contributed by atoms with E-state index in [2.05, 4.69) is 5.32 Å². The highest BCUT2D eigenvalue weighted by Gasteiger charge is 2.14. The highest BCUT2D eigenvalue weighted by atomic mass is 19.1. The molecule has 2 aromatic rings. The molecular weight excluding hydrogens is 249 g/mol. The summed E-state index contributed by atoms with van der Waals surface area (Å²) >= 11 is 0. The highest BCUT2D eigenvalue weighted by Crippen LogP contribution is 2.28. The Morgan fingerprint density at radius 2 is 1.95 bits per heavy atom. The van der Waals surface area contributed by atoms with E-state index in [-0.39, 0.29) is 17.0 Å². The molecule has 0 atom stereocenters. The molecule has 0 aliphatic carbocycles. The lowest BCUT2D eigenvalue weighted by Crippen LogP contribution is -2.12. The standard InChI is InChI=1S/C14H12FNO3/c1-8-5-6-9(7-11(8)15)16-14(19)10-3-2-4-12(17)13(10)18/h2-7,17-18H,1H3,(H,16,19). The predicted octanol–water partition coefficient (Wildman–Crippen LogP) is 2.80. The number of halogens is 1. The van der Waals surface area contributed by atoms with Gasteiger partial charge in [-0.1, -0.05) is 12.1 Å². The lowest BCUT2D eigenvalue weighted by molar-refractivity contribution is 0.102. The fourth-order valence-corrected chi connectivity index (χ4v) is 1.58. The number of para-hydroxylation sites is 1. The monoisotopic (exact) mass is 261 g/mol. The van der Waals surface area contributed by atoms with Crippen LogP contribution < -0.4 is 5.32 Å². The highest BCUT2D eigenvalue weighted by molar-refractivity contribution is 6.06. The van der Waals surface area contributed by atoms with Gasteiger partial charge in [0, 0.05) is 5.69 Å². The Balaban J connectivity index is 2.26. The number of amides is 1. The van der Waals surface area contributed by atoms with Gasteiger partial charge in [-0.25, -0.2) is 4.39 Å². The van der Waals surface area contributed by atoms with Gasteiger partial charge in [0.05, 0.1) is 5.56 Å². The maximum atomic E-state index is 13.3. The van der Waals surface area contributed by atoms with Crippen molar-refractivity contribution in [2.45, 2.75) is 6.92 Å². The number of nitrogens with one attached hydrogen (secondary N) is 1. The Bertz CT molecular complexity index is 641. The zero-order valence-corrected chi connectivity index (χ0v) is 10.1. The molecule has 5 heteroatoms. The lowest BCUT2D eigenvalue weighted by atomic mass is 10.1. The van der Waals surface area contributed by atoms with Crippen molar-refractivity contribution >= 4 is 11.6 Å². The minimum Gasteiger partial charge on any atom is -0.504 e. The summed E-state index contributed by atoms with van der Waals surface area (Å²) in [6.07, 6.45) is 0. The van der Waals surface area contributed by atoms with Crippen LogP contribution in [0.2, 0.25) is 0 Å². The predicted molar refractivity (Wildman–Crippen MR) is 68.9 cm³/mol. The Labute approximate surface area is 109 Å². The molecule has 1 amide bonds. The molecule has 0 aliphatic heterocycles. The van der Waals surface area contributed by atoms with Crippen LogP contribution in [-0.2, 0) is 0 Å². The Morgan fingerprint density at radius 1 is 1.21 bits per heavy atom. The summed E-state index contributed by atoms with van der Waals surface area (Å²) in [6.45, 7) is 1.61. The second-order valence-electron chi connectivity index (χ2n) is 4.09. The van der Waals surface area contributed by atoms with Crippen molar-refractivity contribution in [3.63, 3.8) is 0 Å². The minimum absolute atomic E-state index is 0.0824. The first-order chi connectivity index (χ1) is 8.99. The number of rotatable bonds is 2. The summed E-state index contributed by atoms with van der Waals surface area (Å²) in [6, 6.07) is 8.32. The molecule has 0 aromatic heterocycles. The van der Waals surface area contributed by atoms with Gasteiger partial charge in [0.25, 0.3) is 5.91 Å². The van der Waals surface area contributed by atoms with Crippen molar-refractivity contribution in [3.05, 3.63) is 53.3 Å². The van der Waals surface area contributed by atoms with Crippen LogP contribution in [0.3, 0.4) is 0 Å². The molecule has 3 N–H and O–H groups in total. The van der Waals surface area contributed by atoms with E-state index in [0.717, 1.165) is 0 Å². The van der Waals surface area contributed by atoms with Gasteiger partial charge in [0.1, 0.15) is 5.82 Å². The number of carbonyl (C=O) groups excluding carboxylic acids is 1. The van der Waals surface area contributed by atoms with Gasteiger partial charge in [-0.05, 0) is 36.8 Å². The number of phenols is 2. The van der Waals surface area contributed by atoms with E-state index in [4.69, 9.17) is 0 Å². The molecule has 98 valence electrons. The normalized spacial score (nSPS) is 10.2. The number of benzene rings is 2. The number of hydrogen-bond acceptors (Lipinski definition) is 3. The Kier molecular flexibility index (Phi) is 3.37. The number of aryl methyl sites for hydroxylation is 1. The van der Waals surface area contributed by atoms with E-state index in [9.17, 15) is 19.4 Å². The third kappa shape index (κ3) is 2.65. The molecule has 0 aliphatic rings. The number of anilines is 1. The van der Waals surface area contributed by atoms with Gasteiger partial charge in [-0.2, -0.15) is 0 Å². The molecule has 0 heterocycles. The molecule has 0 saturated heterocycles. The van der Waals surface area contributed by atoms with Crippen LogP contribution in [0.1, 0.15) is 15.9 Å². The zero-order chi connectivity index (χ0) is 14.0. The van der Waals surface area contributed by atoms with Crippen LogP contribution in [0.5, 0.6) is 11.5 Å². The first-order valence-corrected chi connectivity index (χ1v) is 5.57. The van der Waals surface area contributed by atoms with Crippen LogP contribution in [-0.4, -0.2) is 16.1 Å². The van der Waals surface area contributed by atoms with Crippen molar-refractivity contribution in [2.75, 3.05) is 5.32 Å². The summed E-state index contributed by atoms with van der Waals surface area (Å²) < 4.78 is 13.3. The summed E-state index contributed by atoms with van der Waals surface area (Å²) in [5.74, 6) is -1.95. The minimum atomic E-state index is -0.628. The number of aromatic hydroxyl groups is 2. The van der Waals surface area contributed by atoms with Crippen LogP contribution >= 0.6 is 0 Å². The van der Waals surface area contributed by atoms with Crippen molar-refractivity contribution in [1.82, 2.24) is 0 Å². The van der Waals surface area contributed by atoms with Crippen LogP contribution in [0.25, 0.3) is 0 Å². The van der Waals surface area contributed by atoms with Crippen LogP contribution in [0.15, 0.2) is 36.4 Å². The molecule has 0 bridgehead atoms. The SMILES string of the molecule is Cc1ccc(NC(=O)c2cccc(O)c2O)cc1F. The van der Waals surface area contributed by atoms with Crippen molar-refractivity contribution in [2.24, 2.45) is 0 Å². The largest absolute Gasteiger partial charge is 0.504 e. The van der Waals surface area contributed by atoms with Gasteiger partial charge in [0.2, 0.25) is 0 Å². The fourth-order valence-electron chi connectivity index (χ4n) is 1.58. The van der Waals surface area contributed by atoms with E-state index < -0.39 is 17.5 Å². The Hall–Kier alpha value is -2.56. The second kappa shape index (κ2) is 4.97. The van der Waals surface area contributed by atoms with Gasteiger partial charge in [-0.15, -0.1) is 0 Å². The molecule has 19 heavy (non-hydrogen) atoms. The van der Waals surface area contributed by atoms with Gasteiger partial charge >= 0.3 is 0 Å². The third-order valence-corrected chi connectivity index (χ3v) is 2.69.